The maximum Gasteiger partial charge on any atom is 0.511 e. The molecule has 2 saturated heterocycles. The predicted octanol–water partition coefficient (Wildman–Crippen LogP) is 5.49. The van der Waals surface area contributed by atoms with Crippen LogP contribution in [0.5, 0.6) is 0 Å². The van der Waals surface area contributed by atoms with Gasteiger partial charge in [-0.05, 0) is 24.1 Å². The number of hydrogen-bond donors (Lipinski definition) is 0. The summed E-state index contributed by atoms with van der Waals surface area (Å²) in [5.74, 6) is -0.0284. The van der Waals surface area contributed by atoms with E-state index in [-0.39, 0.29) is 11.3 Å². The van der Waals surface area contributed by atoms with Gasteiger partial charge in [0.05, 0.1) is 16.5 Å². The van der Waals surface area contributed by atoms with Crippen molar-refractivity contribution in [2.45, 2.75) is 35.8 Å². The molecule has 0 aliphatic carbocycles. The number of fused-ring (bicyclic) bond motifs is 1. The van der Waals surface area contributed by atoms with Gasteiger partial charge >= 0.3 is 6.16 Å². The zero-order chi connectivity index (χ0) is 22.8. The topological polar surface area (TPSA) is 68.7 Å². The number of amides is 1. The first-order valence-electron chi connectivity index (χ1n) is 10.6. The van der Waals surface area contributed by atoms with E-state index in [2.05, 4.69) is 4.98 Å². The molecule has 0 N–H and O–H groups in total. The smallest absolute Gasteiger partial charge is 0.421 e. The Labute approximate surface area is 200 Å². The first-order valence-corrected chi connectivity index (χ1v) is 12.3. The molecule has 2 aliphatic rings. The second kappa shape index (κ2) is 9.03. The SMILES string of the molecule is C[C@@]1(/C=C/c2nccs2)S[C@@H]2CC(=O)N2[C@H]1OC(=O)OC(c1ccccc1)c1ccccc1. The second-order valence-corrected chi connectivity index (χ2v) is 10.6. The van der Waals surface area contributed by atoms with Gasteiger partial charge in [0.25, 0.3) is 0 Å². The van der Waals surface area contributed by atoms with Gasteiger partial charge in [-0.3, -0.25) is 9.69 Å². The molecule has 5 rings (SSSR count). The Bertz CT molecular complexity index is 1110. The number of thioether (sulfide) groups is 1. The number of aromatic nitrogens is 1. The van der Waals surface area contributed by atoms with E-state index in [4.69, 9.17) is 9.47 Å². The molecule has 3 atom stereocenters. The third-order valence-corrected chi connectivity index (χ3v) is 7.97. The molecule has 0 spiro atoms. The molecule has 6 nitrogen and oxygen atoms in total. The van der Waals surface area contributed by atoms with Crippen LogP contribution in [-0.4, -0.2) is 38.3 Å². The number of nitrogens with zero attached hydrogens (tertiary/aromatic N) is 2. The molecular formula is C25H22N2O4S2. The van der Waals surface area contributed by atoms with E-state index in [1.807, 2.05) is 85.1 Å². The number of carbonyl (C=O) groups is 2. The average Bonchev–Trinajstić information content (AvgIpc) is 3.42. The molecule has 33 heavy (non-hydrogen) atoms. The van der Waals surface area contributed by atoms with Crippen LogP contribution in [0.2, 0.25) is 0 Å². The van der Waals surface area contributed by atoms with E-state index < -0.39 is 23.2 Å². The Morgan fingerprint density at radius 3 is 2.39 bits per heavy atom. The summed E-state index contributed by atoms with van der Waals surface area (Å²) in [5.41, 5.74) is 1.68. The van der Waals surface area contributed by atoms with Crippen LogP contribution in [0.1, 0.15) is 35.6 Å². The molecule has 0 unspecified atom stereocenters. The van der Waals surface area contributed by atoms with Gasteiger partial charge in [0, 0.05) is 11.6 Å². The number of thiazole rings is 1. The predicted molar refractivity (Wildman–Crippen MR) is 128 cm³/mol. The normalized spacial score (nSPS) is 24.1. The monoisotopic (exact) mass is 478 g/mol. The maximum absolute atomic E-state index is 13.0. The highest BCUT2D eigenvalue weighted by Crippen LogP contribution is 2.52. The molecule has 2 aromatic carbocycles. The fourth-order valence-corrected chi connectivity index (χ4v) is 6.17. The summed E-state index contributed by atoms with van der Waals surface area (Å²) in [6.07, 6.45) is 3.87. The minimum absolute atomic E-state index is 0.0136. The van der Waals surface area contributed by atoms with Gasteiger partial charge < -0.3 is 9.47 Å². The van der Waals surface area contributed by atoms with Crippen molar-refractivity contribution in [2.24, 2.45) is 0 Å². The molecule has 2 aliphatic heterocycles. The molecule has 3 aromatic rings. The highest BCUT2D eigenvalue weighted by atomic mass is 32.2. The molecule has 3 heterocycles. The third-order valence-electron chi connectivity index (χ3n) is 5.72. The first-order chi connectivity index (χ1) is 16.0. The van der Waals surface area contributed by atoms with Gasteiger partial charge in [0.1, 0.15) is 5.01 Å². The number of rotatable bonds is 6. The summed E-state index contributed by atoms with van der Waals surface area (Å²) in [7, 11) is 0. The van der Waals surface area contributed by atoms with Gasteiger partial charge in [-0.25, -0.2) is 9.78 Å². The van der Waals surface area contributed by atoms with Gasteiger partial charge in [-0.2, -0.15) is 0 Å². The maximum atomic E-state index is 13.0. The zero-order valence-corrected chi connectivity index (χ0v) is 19.5. The van der Waals surface area contributed by atoms with Crippen molar-refractivity contribution in [1.29, 1.82) is 0 Å². The highest BCUT2D eigenvalue weighted by Gasteiger charge is 2.59. The summed E-state index contributed by atoms with van der Waals surface area (Å²) in [5, 5.41) is 2.74. The van der Waals surface area contributed by atoms with Crippen LogP contribution in [0.25, 0.3) is 6.08 Å². The summed E-state index contributed by atoms with van der Waals surface area (Å²) in [4.78, 5) is 31.3. The lowest BCUT2D eigenvalue weighted by atomic mass is 10.0. The number of hydrogen-bond acceptors (Lipinski definition) is 7. The lowest BCUT2D eigenvalue weighted by Crippen LogP contribution is -2.55. The van der Waals surface area contributed by atoms with Crippen LogP contribution in [0.15, 0.2) is 78.3 Å². The Balaban J connectivity index is 1.38. The van der Waals surface area contributed by atoms with Gasteiger partial charge in [0.15, 0.2) is 12.3 Å². The Hall–Kier alpha value is -3.10. The van der Waals surface area contributed by atoms with Crippen LogP contribution in [-0.2, 0) is 14.3 Å². The second-order valence-electron chi connectivity index (χ2n) is 8.00. The number of carbonyl (C=O) groups excluding carboxylic acids is 2. The molecule has 0 saturated carbocycles. The molecule has 1 aromatic heterocycles. The lowest BCUT2D eigenvalue weighted by Gasteiger charge is -2.37. The van der Waals surface area contributed by atoms with Crippen molar-refractivity contribution < 1.29 is 19.1 Å². The highest BCUT2D eigenvalue weighted by molar-refractivity contribution is 8.01. The van der Waals surface area contributed by atoms with E-state index in [1.54, 1.807) is 22.9 Å². The van der Waals surface area contributed by atoms with Crippen molar-refractivity contribution in [3.05, 3.63) is 94.5 Å². The number of β-lactam (4-membered cyclic amide) rings is 1. The molecule has 2 fully saturated rings. The fraction of sp³-hybridized carbons (Fsp3) is 0.240. The third kappa shape index (κ3) is 4.41. The van der Waals surface area contributed by atoms with Crippen LogP contribution in [0, 0.1) is 0 Å². The van der Waals surface area contributed by atoms with Crippen LogP contribution >= 0.6 is 23.1 Å². The molecular weight excluding hydrogens is 456 g/mol. The van der Waals surface area contributed by atoms with E-state index in [9.17, 15) is 9.59 Å². The molecule has 168 valence electrons. The Morgan fingerprint density at radius 2 is 1.82 bits per heavy atom. The quantitative estimate of drug-likeness (QED) is 0.345. The van der Waals surface area contributed by atoms with Gasteiger partial charge in [-0.1, -0.05) is 66.7 Å². The van der Waals surface area contributed by atoms with Crippen molar-refractivity contribution in [2.75, 3.05) is 0 Å². The zero-order valence-electron chi connectivity index (χ0n) is 17.9. The Morgan fingerprint density at radius 1 is 1.15 bits per heavy atom. The summed E-state index contributed by atoms with van der Waals surface area (Å²) in [6, 6.07) is 19.1. The van der Waals surface area contributed by atoms with Crippen molar-refractivity contribution >= 4 is 41.2 Å². The van der Waals surface area contributed by atoms with Crippen LogP contribution < -0.4 is 0 Å². The van der Waals surface area contributed by atoms with Gasteiger partial charge in [-0.15, -0.1) is 23.1 Å². The fourth-order valence-electron chi connectivity index (χ4n) is 4.06. The van der Waals surface area contributed by atoms with Crippen molar-refractivity contribution in [1.82, 2.24) is 9.88 Å². The number of benzene rings is 2. The van der Waals surface area contributed by atoms with Crippen LogP contribution in [0.3, 0.4) is 0 Å². The van der Waals surface area contributed by atoms with E-state index in [0.29, 0.717) is 6.42 Å². The van der Waals surface area contributed by atoms with Crippen molar-refractivity contribution in [3.8, 4) is 0 Å². The van der Waals surface area contributed by atoms with Crippen LogP contribution in [0.4, 0.5) is 4.79 Å². The average molecular weight is 479 g/mol. The van der Waals surface area contributed by atoms with E-state index in [0.717, 1.165) is 16.1 Å². The molecule has 1 amide bonds. The summed E-state index contributed by atoms with van der Waals surface area (Å²) < 4.78 is 11.0. The number of ether oxygens (including phenoxy) is 2. The standard InChI is InChI=1S/C25H22N2O4S2/c1-25(13-12-19-26-14-15-32-19)23(27-20(28)16-21(27)33-25)31-24(29)30-22(17-8-4-2-5-9-17)18-10-6-3-7-11-18/h2-15,21-23H,16H2,1H3/b13-12+/t21-,23+,25+/m1/s1. The molecule has 8 heteroatoms. The van der Waals surface area contributed by atoms with E-state index >= 15 is 0 Å². The largest absolute Gasteiger partial charge is 0.511 e. The van der Waals surface area contributed by atoms with E-state index in [1.165, 1.54) is 11.3 Å². The molecule has 0 radical (unpaired) electrons. The summed E-state index contributed by atoms with van der Waals surface area (Å²) in [6.45, 7) is 1.97. The molecule has 0 bridgehead atoms. The minimum atomic E-state index is -0.812. The minimum Gasteiger partial charge on any atom is -0.421 e. The Kier molecular flexibility index (Phi) is 5.95. The summed E-state index contributed by atoms with van der Waals surface area (Å²) >= 11 is 3.13. The first kappa shape index (κ1) is 21.7. The van der Waals surface area contributed by atoms with Gasteiger partial charge in [0.2, 0.25) is 5.91 Å². The lowest BCUT2D eigenvalue weighted by molar-refractivity contribution is -0.157. The van der Waals surface area contributed by atoms with Crippen molar-refractivity contribution in [3.63, 3.8) is 0 Å².